The Labute approximate surface area is 151 Å². The number of ketones is 1. The van der Waals surface area contributed by atoms with Gasteiger partial charge in [0.2, 0.25) is 0 Å². The largest absolute Gasteiger partial charge is 0.573 e. The van der Waals surface area contributed by atoms with Gasteiger partial charge in [0, 0.05) is 24.2 Å². The number of nitrogens with one attached hydrogen (secondary N) is 1. The van der Waals surface area contributed by atoms with Crippen LogP contribution in [-0.4, -0.2) is 22.1 Å². The molecular formula is C19H13F3N2O3. The summed E-state index contributed by atoms with van der Waals surface area (Å²) in [7, 11) is 0. The normalized spacial score (nSPS) is 11.3. The first-order valence-electron chi connectivity index (χ1n) is 7.81. The Morgan fingerprint density at radius 3 is 2.48 bits per heavy atom. The third kappa shape index (κ3) is 4.22. The minimum Gasteiger partial charge on any atom is -0.405 e. The van der Waals surface area contributed by atoms with Gasteiger partial charge in [-0.1, -0.05) is 36.4 Å². The van der Waals surface area contributed by atoms with Crippen molar-refractivity contribution in [2.75, 3.05) is 0 Å². The van der Waals surface area contributed by atoms with Gasteiger partial charge in [0.05, 0.1) is 0 Å². The summed E-state index contributed by atoms with van der Waals surface area (Å²) in [5.74, 6) is -0.686. The average molecular weight is 374 g/mol. The second-order valence-corrected chi connectivity index (χ2v) is 5.64. The van der Waals surface area contributed by atoms with E-state index >= 15 is 0 Å². The molecule has 3 rings (SSSR count). The van der Waals surface area contributed by atoms with E-state index in [1.807, 2.05) is 0 Å². The van der Waals surface area contributed by atoms with E-state index < -0.39 is 11.9 Å². The number of para-hydroxylation sites is 1. The zero-order valence-corrected chi connectivity index (χ0v) is 14.0. The van der Waals surface area contributed by atoms with Gasteiger partial charge in [0.25, 0.3) is 5.56 Å². The molecule has 0 saturated heterocycles. The molecule has 5 nitrogen and oxygen atoms in total. The number of hydrogen-bond acceptors (Lipinski definition) is 4. The third-order valence-corrected chi connectivity index (χ3v) is 3.71. The number of carbonyl (C=O) groups excluding carboxylic acids is 1. The maximum absolute atomic E-state index is 12.6. The summed E-state index contributed by atoms with van der Waals surface area (Å²) in [6.07, 6.45) is -3.62. The van der Waals surface area contributed by atoms with Crippen LogP contribution in [0.5, 0.6) is 5.75 Å². The molecule has 0 radical (unpaired) electrons. The lowest BCUT2D eigenvalue weighted by molar-refractivity contribution is -0.274. The fourth-order valence-electron chi connectivity index (χ4n) is 2.53. The lowest BCUT2D eigenvalue weighted by atomic mass is 10.0. The van der Waals surface area contributed by atoms with E-state index in [1.54, 1.807) is 24.3 Å². The van der Waals surface area contributed by atoms with Crippen molar-refractivity contribution < 1.29 is 22.7 Å². The lowest BCUT2D eigenvalue weighted by Crippen LogP contribution is -2.17. The van der Waals surface area contributed by atoms with Gasteiger partial charge in [-0.2, -0.15) is 0 Å². The van der Waals surface area contributed by atoms with Crippen molar-refractivity contribution in [1.82, 2.24) is 9.97 Å². The highest BCUT2D eigenvalue weighted by atomic mass is 19.4. The number of Topliss-reactive ketones (excluding diaryl/α,β-unsaturated/α-hetero) is 1. The molecule has 1 N–H and O–H groups in total. The van der Waals surface area contributed by atoms with Gasteiger partial charge < -0.3 is 9.72 Å². The number of ether oxygens (including phenoxy) is 1. The van der Waals surface area contributed by atoms with Crippen LogP contribution in [0.2, 0.25) is 0 Å². The van der Waals surface area contributed by atoms with Crippen LogP contribution in [0.1, 0.15) is 17.4 Å². The fourth-order valence-corrected chi connectivity index (χ4v) is 2.53. The number of alkyl halides is 3. The summed E-state index contributed by atoms with van der Waals surface area (Å²) in [4.78, 5) is 30.1. The Morgan fingerprint density at radius 2 is 1.78 bits per heavy atom. The summed E-state index contributed by atoms with van der Waals surface area (Å²) in [6, 6.07) is 11.9. The maximum Gasteiger partial charge on any atom is 0.573 e. The van der Waals surface area contributed by atoms with Crippen LogP contribution >= 0.6 is 0 Å². The van der Waals surface area contributed by atoms with E-state index in [9.17, 15) is 22.8 Å². The van der Waals surface area contributed by atoms with Crippen LogP contribution in [0.4, 0.5) is 13.2 Å². The molecule has 138 valence electrons. The highest BCUT2D eigenvalue weighted by Gasteiger charge is 2.32. The van der Waals surface area contributed by atoms with E-state index in [0.29, 0.717) is 11.1 Å². The van der Waals surface area contributed by atoms with Gasteiger partial charge in [0.15, 0.2) is 5.78 Å². The van der Waals surface area contributed by atoms with Gasteiger partial charge >= 0.3 is 6.36 Å². The average Bonchev–Trinajstić information content (AvgIpc) is 2.61. The summed E-state index contributed by atoms with van der Waals surface area (Å²) < 4.78 is 42.0. The van der Waals surface area contributed by atoms with Crippen LogP contribution in [-0.2, 0) is 0 Å². The molecule has 0 spiro atoms. The second kappa shape index (κ2) is 7.06. The second-order valence-electron chi connectivity index (χ2n) is 5.64. The van der Waals surface area contributed by atoms with Crippen molar-refractivity contribution >= 4 is 5.78 Å². The molecule has 0 atom stereocenters. The van der Waals surface area contributed by atoms with Gasteiger partial charge in [0.1, 0.15) is 17.1 Å². The lowest BCUT2D eigenvalue weighted by Gasteiger charge is -2.13. The van der Waals surface area contributed by atoms with E-state index in [2.05, 4.69) is 14.7 Å². The van der Waals surface area contributed by atoms with Gasteiger partial charge in [-0.15, -0.1) is 13.2 Å². The van der Waals surface area contributed by atoms with Crippen LogP contribution in [0.15, 0.2) is 59.5 Å². The summed E-state index contributed by atoms with van der Waals surface area (Å²) in [6.45, 7) is 1.31. The Hall–Kier alpha value is -3.42. The van der Waals surface area contributed by atoms with E-state index in [1.165, 1.54) is 37.4 Å². The molecule has 1 aromatic heterocycles. The summed E-state index contributed by atoms with van der Waals surface area (Å²) in [5, 5.41) is 0. The van der Waals surface area contributed by atoms with Crippen molar-refractivity contribution in [1.29, 1.82) is 0 Å². The Kier molecular flexibility index (Phi) is 4.81. The molecular weight excluding hydrogens is 361 g/mol. The van der Waals surface area contributed by atoms with Gasteiger partial charge in [-0.05, 0) is 17.7 Å². The van der Waals surface area contributed by atoms with Crippen LogP contribution in [0.3, 0.4) is 0 Å². The molecule has 0 aliphatic heterocycles. The fraction of sp³-hybridized carbons (Fsp3) is 0.105. The van der Waals surface area contributed by atoms with Crippen molar-refractivity contribution in [3.05, 3.63) is 70.8 Å². The molecule has 0 bridgehead atoms. The number of aromatic nitrogens is 2. The van der Waals surface area contributed by atoms with Crippen LogP contribution in [0, 0.1) is 0 Å². The number of benzene rings is 2. The van der Waals surface area contributed by atoms with E-state index in [4.69, 9.17) is 0 Å². The number of hydrogen-bond donors (Lipinski definition) is 1. The zero-order chi connectivity index (χ0) is 19.6. The van der Waals surface area contributed by atoms with E-state index in [-0.39, 0.29) is 28.5 Å². The molecule has 0 aliphatic rings. The number of H-pyrrole nitrogens is 1. The molecule has 0 unspecified atom stereocenters. The predicted octanol–water partition coefficient (Wildman–Crippen LogP) is 4.21. The molecule has 0 aliphatic carbocycles. The minimum absolute atomic E-state index is 0.00114. The first kappa shape index (κ1) is 18.4. The number of rotatable bonds is 4. The van der Waals surface area contributed by atoms with Gasteiger partial charge in [-0.25, -0.2) is 4.98 Å². The van der Waals surface area contributed by atoms with Crippen LogP contribution in [0.25, 0.3) is 22.4 Å². The topological polar surface area (TPSA) is 72.0 Å². The highest BCUT2D eigenvalue weighted by Crippen LogP contribution is 2.34. The third-order valence-electron chi connectivity index (χ3n) is 3.71. The van der Waals surface area contributed by atoms with E-state index in [0.717, 1.165) is 0 Å². The first-order valence-corrected chi connectivity index (χ1v) is 7.81. The minimum atomic E-state index is -4.83. The molecule has 0 fully saturated rings. The maximum atomic E-state index is 12.6. The highest BCUT2D eigenvalue weighted by molar-refractivity contribution is 5.92. The monoisotopic (exact) mass is 374 g/mol. The SMILES string of the molecule is CC(=O)c1c[nH]c(=O)c(-c2cccc(-c3ccccc3OC(F)(F)F)c2)n1. The molecule has 0 saturated carbocycles. The molecule has 27 heavy (non-hydrogen) atoms. The summed E-state index contributed by atoms with van der Waals surface area (Å²) >= 11 is 0. The van der Waals surface area contributed by atoms with Crippen molar-refractivity contribution in [3.8, 4) is 28.1 Å². The summed E-state index contributed by atoms with van der Waals surface area (Å²) in [5.41, 5.74) is 0.530. The first-order chi connectivity index (χ1) is 12.7. The Morgan fingerprint density at radius 1 is 1.07 bits per heavy atom. The Balaban J connectivity index is 2.10. The predicted molar refractivity (Wildman–Crippen MR) is 92.4 cm³/mol. The molecule has 3 aromatic rings. The Bertz CT molecular complexity index is 1060. The van der Waals surface area contributed by atoms with Crippen molar-refractivity contribution in [3.63, 3.8) is 0 Å². The smallest absolute Gasteiger partial charge is 0.405 e. The van der Waals surface area contributed by atoms with Crippen molar-refractivity contribution in [2.24, 2.45) is 0 Å². The molecule has 1 heterocycles. The number of nitrogens with zero attached hydrogens (tertiary/aromatic N) is 1. The molecule has 8 heteroatoms. The zero-order valence-electron chi connectivity index (χ0n) is 14.0. The standard InChI is InChI=1S/C19H13F3N2O3/c1-11(25)15-10-23-18(26)17(24-15)13-6-4-5-12(9-13)14-7-2-3-8-16(14)27-19(20,21)22/h2-10H,1H3,(H,23,26). The van der Waals surface area contributed by atoms with Gasteiger partial charge in [-0.3, -0.25) is 9.59 Å². The molecule has 2 aromatic carbocycles. The number of aromatic amines is 1. The quantitative estimate of drug-likeness (QED) is 0.695. The molecule has 0 amide bonds. The number of carbonyl (C=O) groups is 1. The van der Waals surface area contributed by atoms with Crippen LogP contribution < -0.4 is 10.3 Å². The number of halogens is 3. The van der Waals surface area contributed by atoms with Crippen molar-refractivity contribution in [2.45, 2.75) is 13.3 Å².